The van der Waals surface area contributed by atoms with Gasteiger partial charge in [-0.25, -0.2) is 4.79 Å². The summed E-state index contributed by atoms with van der Waals surface area (Å²) in [4.78, 5) is 12.4. The van der Waals surface area contributed by atoms with Crippen LogP contribution in [0.3, 0.4) is 0 Å². The van der Waals surface area contributed by atoms with Crippen LogP contribution >= 0.6 is 0 Å². The van der Waals surface area contributed by atoms with Gasteiger partial charge < -0.3 is 19.9 Å². The predicted molar refractivity (Wildman–Crippen MR) is 154 cm³/mol. The van der Waals surface area contributed by atoms with E-state index in [1.807, 2.05) is 24.3 Å². The molecule has 0 radical (unpaired) electrons. The van der Waals surface area contributed by atoms with Crippen LogP contribution in [0.4, 0.5) is 0 Å². The summed E-state index contributed by atoms with van der Waals surface area (Å²) >= 11 is 0. The second-order valence-electron chi connectivity index (χ2n) is 10.2. The molecule has 200 valence electrons. The lowest BCUT2D eigenvalue weighted by molar-refractivity contribution is 0.0527. The molecule has 0 heterocycles. The van der Waals surface area contributed by atoms with Gasteiger partial charge in [-0.15, -0.1) is 0 Å². The predicted octanol–water partition coefficient (Wildman–Crippen LogP) is 5.91. The van der Waals surface area contributed by atoms with Gasteiger partial charge in [0.15, 0.2) is 0 Å². The van der Waals surface area contributed by atoms with Gasteiger partial charge in [0.1, 0.15) is 24.5 Å². The molecule has 6 nitrogen and oxygen atoms in total. The van der Waals surface area contributed by atoms with Crippen molar-refractivity contribution in [1.82, 2.24) is 5.32 Å². The monoisotopic (exact) mass is 522 g/mol. The summed E-state index contributed by atoms with van der Waals surface area (Å²) in [7, 11) is 0. The van der Waals surface area contributed by atoms with Gasteiger partial charge in [-0.1, -0.05) is 66.7 Å². The number of ether oxygens (including phenoxy) is 2. The van der Waals surface area contributed by atoms with Gasteiger partial charge in [0.25, 0.3) is 0 Å². The van der Waals surface area contributed by atoms with Crippen molar-refractivity contribution < 1.29 is 19.4 Å². The molecule has 0 saturated heterocycles. The fraction of sp³-hybridized carbons (Fsp3) is 0.273. The molecule has 0 aliphatic heterocycles. The number of nitrogens with one attached hydrogen (secondary N) is 1. The maximum absolute atomic E-state index is 12.4. The quantitative estimate of drug-likeness (QED) is 0.238. The maximum Gasteiger partial charge on any atom is 0.338 e. The van der Waals surface area contributed by atoms with Crippen molar-refractivity contribution in [3.8, 4) is 22.9 Å². The number of benzene rings is 4. The normalized spacial score (nSPS) is 12.1. The van der Waals surface area contributed by atoms with Crippen LogP contribution in [0.15, 0.2) is 84.9 Å². The topological polar surface area (TPSA) is 91.6 Å². The van der Waals surface area contributed by atoms with Gasteiger partial charge in [0.05, 0.1) is 17.7 Å². The first-order valence-corrected chi connectivity index (χ1v) is 13.1. The molecular weight excluding hydrogens is 488 g/mol. The lowest BCUT2D eigenvalue weighted by atomic mass is 9.93. The third-order valence-electron chi connectivity index (χ3n) is 6.54. The van der Waals surface area contributed by atoms with Crippen molar-refractivity contribution in [2.45, 2.75) is 38.8 Å². The number of β-amino-alcohol motifs (C(OH)–C–C–N with tert-alkyl or cyclic N) is 1. The van der Waals surface area contributed by atoms with Gasteiger partial charge in [-0.05, 0) is 72.9 Å². The highest BCUT2D eigenvalue weighted by atomic mass is 16.5. The first-order chi connectivity index (χ1) is 18.8. The molecule has 0 saturated carbocycles. The summed E-state index contributed by atoms with van der Waals surface area (Å²) in [5.74, 6) is -0.0594. The molecule has 0 aromatic heterocycles. The molecule has 0 aliphatic carbocycles. The van der Waals surface area contributed by atoms with Crippen molar-refractivity contribution in [2.75, 3.05) is 19.8 Å². The molecule has 0 fully saturated rings. The number of esters is 1. The van der Waals surface area contributed by atoms with Crippen LogP contribution in [0.2, 0.25) is 0 Å². The zero-order valence-electron chi connectivity index (χ0n) is 22.6. The minimum Gasteiger partial charge on any atom is -0.489 e. The summed E-state index contributed by atoms with van der Waals surface area (Å²) in [6.45, 7) is 6.59. The highest BCUT2D eigenvalue weighted by Crippen LogP contribution is 2.30. The second-order valence-corrected chi connectivity index (χ2v) is 10.2. The minimum absolute atomic E-state index is 0.0106. The third kappa shape index (κ3) is 7.23. The van der Waals surface area contributed by atoms with Crippen LogP contribution in [-0.4, -0.2) is 42.5 Å². The molecular formula is C33H34N2O4. The average molecular weight is 523 g/mol. The summed E-state index contributed by atoms with van der Waals surface area (Å²) in [6, 6.07) is 29.2. The van der Waals surface area contributed by atoms with Gasteiger partial charge in [-0.2, -0.15) is 5.26 Å². The van der Waals surface area contributed by atoms with E-state index in [1.54, 1.807) is 37.3 Å². The summed E-state index contributed by atoms with van der Waals surface area (Å²) < 4.78 is 11.1. The molecule has 4 aromatic carbocycles. The molecule has 6 heteroatoms. The van der Waals surface area contributed by atoms with Gasteiger partial charge >= 0.3 is 5.97 Å². The maximum atomic E-state index is 12.4. The Morgan fingerprint density at radius 2 is 1.74 bits per heavy atom. The Morgan fingerprint density at radius 3 is 2.51 bits per heavy atom. The molecule has 2 N–H and O–H groups in total. The number of fused-ring (bicyclic) bond motifs is 1. The molecule has 0 spiro atoms. The first kappa shape index (κ1) is 27.8. The van der Waals surface area contributed by atoms with Gasteiger partial charge in [0.2, 0.25) is 0 Å². The van der Waals surface area contributed by atoms with E-state index >= 15 is 0 Å². The molecule has 1 atom stereocenters. The highest BCUT2D eigenvalue weighted by molar-refractivity contribution is 5.97. The van der Waals surface area contributed by atoms with Crippen molar-refractivity contribution in [2.24, 2.45) is 0 Å². The van der Waals surface area contributed by atoms with Crippen molar-refractivity contribution in [3.63, 3.8) is 0 Å². The minimum atomic E-state index is -0.789. The van der Waals surface area contributed by atoms with E-state index < -0.39 is 12.1 Å². The summed E-state index contributed by atoms with van der Waals surface area (Å²) in [5, 5.41) is 26.1. The Bertz CT molecular complexity index is 1490. The van der Waals surface area contributed by atoms with E-state index in [1.165, 1.54) is 16.3 Å². The lowest BCUT2D eigenvalue weighted by Crippen LogP contribution is -2.46. The Balaban J connectivity index is 1.39. The number of carbonyl (C=O) groups excluding carboxylic acids is 1. The molecule has 0 bridgehead atoms. The Labute approximate surface area is 229 Å². The van der Waals surface area contributed by atoms with Crippen molar-refractivity contribution >= 4 is 16.7 Å². The summed E-state index contributed by atoms with van der Waals surface area (Å²) in [5.41, 5.74) is 3.16. The largest absolute Gasteiger partial charge is 0.489 e. The Hall–Kier alpha value is -4.18. The van der Waals surface area contributed by atoms with E-state index in [-0.39, 0.29) is 18.8 Å². The van der Waals surface area contributed by atoms with E-state index in [2.05, 4.69) is 55.6 Å². The van der Waals surface area contributed by atoms with Crippen LogP contribution in [0.1, 0.15) is 42.3 Å². The molecule has 1 unspecified atom stereocenters. The van der Waals surface area contributed by atoms with Gasteiger partial charge in [-0.3, -0.25) is 0 Å². The lowest BCUT2D eigenvalue weighted by Gasteiger charge is -2.28. The molecule has 4 aromatic rings. The van der Waals surface area contributed by atoms with Crippen LogP contribution in [-0.2, 0) is 11.2 Å². The molecule has 39 heavy (non-hydrogen) atoms. The standard InChI is InChI=1S/C33H34N2O4/c1-4-38-32(37)30-12-8-7-11-29(30)26-15-16-27(20-34)31(18-26)39-22-28(36)21-35-33(2,3)19-23-13-14-24-9-5-6-10-25(24)17-23/h5-18,28,35-36H,4,19,21-22H2,1-3H3. The van der Waals surface area contributed by atoms with Crippen molar-refractivity contribution in [3.05, 3.63) is 102 Å². The molecule has 0 amide bonds. The number of nitrogens with zero attached hydrogens (tertiary/aromatic N) is 1. The van der Waals surface area contributed by atoms with E-state index in [0.29, 0.717) is 29.0 Å². The Morgan fingerprint density at radius 1 is 1.00 bits per heavy atom. The van der Waals surface area contributed by atoms with Gasteiger partial charge in [0, 0.05) is 12.1 Å². The number of aliphatic hydroxyl groups is 1. The number of rotatable bonds is 11. The zero-order chi connectivity index (χ0) is 27.8. The zero-order valence-corrected chi connectivity index (χ0v) is 22.6. The average Bonchev–Trinajstić information content (AvgIpc) is 2.94. The van der Waals surface area contributed by atoms with Crippen LogP contribution < -0.4 is 10.1 Å². The number of aliphatic hydroxyl groups excluding tert-OH is 1. The number of carbonyl (C=O) groups is 1. The smallest absolute Gasteiger partial charge is 0.338 e. The van der Waals surface area contributed by atoms with Crippen LogP contribution in [0.5, 0.6) is 5.75 Å². The molecule has 4 rings (SSSR count). The highest BCUT2D eigenvalue weighted by Gasteiger charge is 2.20. The number of hydrogen-bond acceptors (Lipinski definition) is 6. The number of hydrogen-bond donors (Lipinski definition) is 2. The SMILES string of the molecule is CCOC(=O)c1ccccc1-c1ccc(C#N)c(OCC(O)CNC(C)(C)Cc2ccc3ccccc3c2)c1. The number of nitriles is 1. The van der Waals surface area contributed by atoms with Crippen molar-refractivity contribution in [1.29, 1.82) is 5.26 Å². The Kier molecular flexibility index (Phi) is 8.98. The second kappa shape index (κ2) is 12.6. The first-order valence-electron chi connectivity index (χ1n) is 13.1. The third-order valence-corrected chi connectivity index (χ3v) is 6.54. The summed E-state index contributed by atoms with van der Waals surface area (Å²) in [6.07, 6.45) is 0.00855. The van der Waals surface area contributed by atoms with Crippen LogP contribution in [0.25, 0.3) is 21.9 Å². The van der Waals surface area contributed by atoms with Crippen LogP contribution in [0, 0.1) is 11.3 Å². The fourth-order valence-electron chi connectivity index (χ4n) is 4.58. The molecule has 0 aliphatic rings. The van der Waals surface area contributed by atoms with E-state index in [0.717, 1.165) is 12.0 Å². The fourth-order valence-corrected chi connectivity index (χ4v) is 4.58. The van der Waals surface area contributed by atoms with E-state index in [4.69, 9.17) is 9.47 Å². The van der Waals surface area contributed by atoms with E-state index in [9.17, 15) is 15.2 Å².